The van der Waals surface area contributed by atoms with Crippen LogP contribution in [-0.4, -0.2) is 59.8 Å². The van der Waals surface area contributed by atoms with Gasteiger partial charge >= 0.3 is 0 Å². The maximum atomic E-state index is 12.9. The second kappa shape index (κ2) is 9.36. The van der Waals surface area contributed by atoms with Gasteiger partial charge in [0.1, 0.15) is 11.6 Å². The third-order valence-corrected chi connectivity index (χ3v) is 7.59. The number of aromatic nitrogens is 2. The van der Waals surface area contributed by atoms with Crippen LogP contribution in [0.15, 0.2) is 47.6 Å². The zero-order valence-electron chi connectivity index (χ0n) is 19.2. The fraction of sp³-hybridized carbons (Fsp3) is 0.333. The molecule has 12 heteroatoms. The lowest BCUT2D eigenvalue weighted by Crippen LogP contribution is -2.52. The Kier molecular flexibility index (Phi) is 6.22. The summed E-state index contributed by atoms with van der Waals surface area (Å²) in [6, 6.07) is 9.04. The van der Waals surface area contributed by atoms with Gasteiger partial charge in [0.2, 0.25) is 11.8 Å². The topological polar surface area (TPSA) is 162 Å². The van der Waals surface area contributed by atoms with E-state index >= 15 is 0 Å². The van der Waals surface area contributed by atoms with Crippen molar-refractivity contribution in [1.82, 2.24) is 20.6 Å². The van der Waals surface area contributed by atoms with Gasteiger partial charge in [0.25, 0.3) is 16.0 Å². The molecule has 0 aliphatic carbocycles. The fourth-order valence-electron chi connectivity index (χ4n) is 4.88. The van der Waals surface area contributed by atoms with Crippen molar-refractivity contribution in [2.45, 2.75) is 36.6 Å². The van der Waals surface area contributed by atoms with Crippen molar-refractivity contribution in [3.8, 4) is 0 Å². The minimum absolute atomic E-state index is 0.123. The van der Waals surface area contributed by atoms with E-state index in [2.05, 4.69) is 25.5 Å². The van der Waals surface area contributed by atoms with Crippen LogP contribution in [0.4, 0.5) is 5.69 Å². The Balaban J connectivity index is 1.28. The molecule has 2 saturated heterocycles. The molecular formula is C24H25N5O6S. The Labute approximate surface area is 207 Å². The van der Waals surface area contributed by atoms with E-state index in [9.17, 15) is 22.8 Å². The number of carbonyl (C=O) groups is 3. The minimum Gasteiger partial charge on any atom is -0.369 e. The van der Waals surface area contributed by atoms with Crippen LogP contribution in [-0.2, 0) is 26.1 Å². The number of amides is 3. The maximum Gasteiger partial charge on any atom is 0.294 e. The number of anilines is 1. The first-order valence-electron chi connectivity index (χ1n) is 11.6. The quantitative estimate of drug-likeness (QED) is 0.285. The van der Waals surface area contributed by atoms with Gasteiger partial charge in [0.15, 0.2) is 0 Å². The highest BCUT2D eigenvalue weighted by atomic mass is 32.2. The standard InChI is InChI=1S/C24H25N5O6S/c30-20-8-6-18(24(32)28-20)27-23(31)17-5-7-19(22-21(17)25-13-26-22)29-10-9-15(12-29)11-14-1-3-16(4-2-14)36(33,34)35/h1-5,7,13,15,18H,6,8-12H2,(H,25,26)(H,27,31)(H,28,30,32)(H,33,34,35). The third kappa shape index (κ3) is 4.82. The summed E-state index contributed by atoms with van der Waals surface area (Å²) in [5, 5.41) is 4.94. The van der Waals surface area contributed by atoms with E-state index < -0.39 is 28.0 Å². The molecule has 2 aromatic carbocycles. The van der Waals surface area contributed by atoms with Gasteiger partial charge in [0, 0.05) is 19.5 Å². The molecule has 2 fully saturated rings. The number of fused-ring (bicyclic) bond motifs is 1. The molecule has 2 atom stereocenters. The molecular weight excluding hydrogens is 486 g/mol. The van der Waals surface area contributed by atoms with Gasteiger partial charge in [0.05, 0.1) is 28.0 Å². The van der Waals surface area contributed by atoms with Crippen molar-refractivity contribution >= 4 is 44.6 Å². The average molecular weight is 512 g/mol. The molecule has 5 rings (SSSR count). The lowest BCUT2D eigenvalue weighted by Gasteiger charge is -2.23. The highest BCUT2D eigenvalue weighted by Gasteiger charge is 2.30. The van der Waals surface area contributed by atoms with Crippen molar-refractivity contribution in [3.05, 3.63) is 53.9 Å². The third-order valence-electron chi connectivity index (χ3n) is 6.72. The zero-order valence-corrected chi connectivity index (χ0v) is 20.0. The molecule has 0 bridgehead atoms. The van der Waals surface area contributed by atoms with Crippen molar-refractivity contribution in [2.24, 2.45) is 5.92 Å². The molecule has 3 aromatic rings. The molecule has 2 aliphatic rings. The lowest BCUT2D eigenvalue weighted by molar-refractivity contribution is -0.134. The molecule has 0 saturated carbocycles. The van der Waals surface area contributed by atoms with Crippen LogP contribution in [0.3, 0.4) is 0 Å². The number of aromatic amines is 1. The zero-order chi connectivity index (χ0) is 25.4. The molecule has 3 amide bonds. The summed E-state index contributed by atoms with van der Waals surface area (Å²) in [6.45, 7) is 1.58. The summed E-state index contributed by atoms with van der Waals surface area (Å²) in [5.41, 5.74) is 3.48. The summed E-state index contributed by atoms with van der Waals surface area (Å²) in [5.74, 6) is -0.940. The first-order valence-corrected chi connectivity index (χ1v) is 13.0. The van der Waals surface area contributed by atoms with Gasteiger partial charge in [-0.3, -0.25) is 24.3 Å². The van der Waals surface area contributed by atoms with Gasteiger partial charge in [-0.1, -0.05) is 12.1 Å². The van der Waals surface area contributed by atoms with Crippen molar-refractivity contribution in [2.75, 3.05) is 18.0 Å². The van der Waals surface area contributed by atoms with Crippen molar-refractivity contribution in [1.29, 1.82) is 0 Å². The normalized spacial score (nSPS) is 20.5. The first-order chi connectivity index (χ1) is 17.2. The molecule has 0 radical (unpaired) electrons. The Morgan fingerprint density at radius 2 is 1.92 bits per heavy atom. The second-order valence-corrected chi connectivity index (χ2v) is 10.6. The lowest BCUT2D eigenvalue weighted by atomic mass is 9.99. The van der Waals surface area contributed by atoms with Gasteiger partial charge in [-0.2, -0.15) is 8.42 Å². The van der Waals surface area contributed by atoms with Crippen LogP contribution in [0, 0.1) is 5.92 Å². The SMILES string of the molecule is O=C1CCC(NC(=O)c2ccc(N3CCC(Cc4ccc(S(=O)(=O)O)cc4)C3)c3[nH]cnc23)C(=O)N1. The number of carbonyl (C=O) groups excluding carboxylic acids is 3. The summed E-state index contributed by atoms with van der Waals surface area (Å²) >= 11 is 0. The summed E-state index contributed by atoms with van der Waals surface area (Å²) in [4.78, 5) is 45.9. The van der Waals surface area contributed by atoms with Gasteiger partial charge in [-0.25, -0.2) is 4.98 Å². The molecule has 4 N–H and O–H groups in total. The molecule has 1 aromatic heterocycles. The average Bonchev–Trinajstić information content (AvgIpc) is 3.50. The Hall–Kier alpha value is -3.77. The highest BCUT2D eigenvalue weighted by Crippen LogP contribution is 2.32. The van der Waals surface area contributed by atoms with E-state index in [1.54, 1.807) is 18.2 Å². The number of H-pyrrole nitrogens is 1. The van der Waals surface area contributed by atoms with E-state index in [0.717, 1.165) is 42.7 Å². The number of imidazole rings is 1. The van der Waals surface area contributed by atoms with Crippen LogP contribution in [0.2, 0.25) is 0 Å². The van der Waals surface area contributed by atoms with Crippen LogP contribution in [0.1, 0.15) is 35.2 Å². The van der Waals surface area contributed by atoms with Gasteiger partial charge in [-0.15, -0.1) is 0 Å². The van der Waals surface area contributed by atoms with Gasteiger partial charge < -0.3 is 15.2 Å². The maximum absolute atomic E-state index is 12.9. The van der Waals surface area contributed by atoms with E-state index in [1.807, 2.05) is 6.07 Å². The largest absolute Gasteiger partial charge is 0.369 e. The Morgan fingerprint density at radius 3 is 2.64 bits per heavy atom. The molecule has 2 unspecified atom stereocenters. The number of benzene rings is 2. The summed E-state index contributed by atoms with van der Waals surface area (Å²) in [6.07, 6.45) is 3.66. The fourth-order valence-corrected chi connectivity index (χ4v) is 5.36. The van der Waals surface area contributed by atoms with Crippen LogP contribution in [0.25, 0.3) is 11.0 Å². The van der Waals surface area contributed by atoms with Gasteiger partial charge in [-0.05, 0) is 55.0 Å². The Morgan fingerprint density at radius 1 is 1.14 bits per heavy atom. The van der Waals surface area contributed by atoms with E-state index in [0.29, 0.717) is 17.0 Å². The van der Waals surface area contributed by atoms with E-state index in [-0.39, 0.29) is 23.6 Å². The molecule has 2 aliphatic heterocycles. The number of nitrogens with zero attached hydrogens (tertiary/aromatic N) is 2. The first kappa shape index (κ1) is 23.9. The number of hydrogen-bond donors (Lipinski definition) is 4. The number of rotatable bonds is 6. The monoisotopic (exact) mass is 511 g/mol. The predicted octanol–water partition coefficient (Wildman–Crippen LogP) is 1.41. The smallest absolute Gasteiger partial charge is 0.294 e. The number of piperidine rings is 1. The highest BCUT2D eigenvalue weighted by molar-refractivity contribution is 7.85. The van der Waals surface area contributed by atoms with E-state index in [1.165, 1.54) is 18.5 Å². The van der Waals surface area contributed by atoms with Crippen molar-refractivity contribution in [3.63, 3.8) is 0 Å². The summed E-state index contributed by atoms with van der Waals surface area (Å²) in [7, 11) is -4.21. The predicted molar refractivity (Wildman–Crippen MR) is 130 cm³/mol. The number of imide groups is 1. The molecule has 11 nitrogen and oxygen atoms in total. The minimum atomic E-state index is -4.21. The number of nitrogens with one attached hydrogen (secondary N) is 3. The van der Waals surface area contributed by atoms with E-state index in [4.69, 9.17) is 4.55 Å². The van der Waals surface area contributed by atoms with Crippen LogP contribution < -0.4 is 15.5 Å². The van der Waals surface area contributed by atoms with Crippen LogP contribution in [0.5, 0.6) is 0 Å². The second-order valence-electron chi connectivity index (χ2n) is 9.16. The summed E-state index contributed by atoms with van der Waals surface area (Å²) < 4.78 is 31.7. The molecule has 0 spiro atoms. The Bertz CT molecular complexity index is 1450. The molecule has 188 valence electrons. The molecule has 3 heterocycles. The van der Waals surface area contributed by atoms with Crippen LogP contribution >= 0.6 is 0 Å². The van der Waals surface area contributed by atoms with Crippen molar-refractivity contribution < 1.29 is 27.4 Å². The number of hydrogen-bond acceptors (Lipinski definition) is 7. The molecule has 36 heavy (non-hydrogen) atoms.